The van der Waals surface area contributed by atoms with Crippen LogP contribution in [0, 0.1) is 0 Å². The molecule has 6 heteroatoms. The van der Waals surface area contributed by atoms with E-state index in [9.17, 15) is 13.2 Å². The first kappa shape index (κ1) is 12.9. The van der Waals surface area contributed by atoms with Gasteiger partial charge in [-0.3, -0.25) is 4.90 Å². The standard InChI is InChI=1S/C11H15F3N2S/c12-11(13,14)10-2-1-9(17-10)7-16-5-3-8(15)4-6-16/h1-2,8H,3-7,15H2. The Bertz CT molecular complexity index is 367. The average Bonchev–Trinajstić information content (AvgIpc) is 2.69. The molecule has 2 heterocycles. The van der Waals surface area contributed by atoms with Gasteiger partial charge in [-0.05, 0) is 38.1 Å². The third kappa shape index (κ3) is 3.43. The maximum absolute atomic E-state index is 12.4. The van der Waals surface area contributed by atoms with Crippen molar-refractivity contribution < 1.29 is 13.2 Å². The Balaban J connectivity index is 1.93. The molecule has 0 radical (unpaired) electrons. The van der Waals surface area contributed by atoms with E-state index in [2.05, 4.69) is 4.90 Å². The predicted molar refractivity (Wildman–Crippen MR) is 61.8 cm³/mol. The second-order valence-corrected chi connectivity index (χ2v) is 5.55. The van der Waals surface area contributed by atoms with Gasteiger partial charge in [0, 0.05) is 17.5 Å². The van der Waals surface area contributed by atoms with E-state index in [0.29, 0.717) is 6.54 Å². The minimum Gasteiger partial charge on any atom is -0.328 e. The number of halogens is 3. The summed E-state index contributed by atoms with van der Waals surface area (Å²) in [5, 5.41) is 0. The summed E-state index contributed by atoms with van der Waals surface area (Å²) in [6, 6.07) is 2.98. The van der Waals surface area contributed by atoms with Crippen molar-refractivity contribution in [3.63, 3.8) is 0 Å². The SMILES string of the molecule is NC1CCN(Cc2ccc(C(F)(F)F)s2)CC1. The number of thiophene rings is 1. The van der Waals surface area contributed by atoms with E-state index in [-0.39, 0.29) is 6.04 Å². The molecule has 96 valence electrons. The van der Waals surface area contributed by atoms with Crippen LogP contribution in [0.2, 0.25) is 0 Å². The van der Waals surface area contributed by atoms with Crippen LogP contribution < -0.4 is 5.73 Å². The van der Waals surface area contributed by atoms with Crippen molar-refractivity contribution in [1.82, 2.24) is 4.90 Å². The Hall–Kier alpha value is -0.590. The zero-order chi connectivity index (χ0) is 12.5. The van der Waals surface area contributed by atoms with Gasteiger partial charge in [-0.1, -0.05) is 0 Å². The minimum atomic E-state index is -4.22. The molecule has 17 heavy (non-hydrogen) atoms. The van der Waals surface area contributed by atoms with Gasteiger partial charge in [-0.2, -0.15) is 13.2 Å². The van der Waals surface area contributed by atoms with E-state index >= 15 is 0 Å². The molecule has 0 bridgehead atoms. The summed E-state index contributed by atoms with van der Waals surface area (Å²) in [7, 11) is 0. The van der Waals surface area contributed by atoms with E-state index in [1.54, 1.807) is 6.07 Å². The van der Waals surface area contributed by atoms with Crippen molar-refractivity contribution in [2.24, 2.45) is 5.73 Å². The Morgan fingerprint density at radius 2 is 1.94 bits per heavy atom. The lowest BCUT2D eigenvalue weighted by Crippen LogP contribution is -2.39. The summed E-state index contributed by atoms with van der Waals surface area (Å²) >= 11 is 0.836. The van der Waals surface area contributed by atoms with Gasteiger partial charge in [0.2, 0.25) is 0 Å². The van der Waals surface area contributed by atoms with Crippen LogP contribution in [0.3, 0.4) is 0 Å². The van der Waals surface area contributed by atoms with Crippen LogP contribution in [0.4, 0.5) is 13.2 Å². The first-order valence-corrected chi connectivity index (χ1v) is 6.40. The normalized spacial score (nSPS) is 19.8. The number of nitrogens with two attached hydrogens (primary N) is 1. The molecule has 0 unspecified atom stereocenters. The first-order chi connectivity index (χ1) is 7.95. The second-order valence-electron chi connectivity index (χ2n) is 4.38. The lowest BCUT2D eigenvalue weighted by molar-refractivity contribution is -0.134. The van der Waals surface area contributed by atoms with Crippen molar-refractivity contribution in [2.75, 3.05) is 13.1 Å². The molecule has 0 amide bonds. The molecule has 0 aliphatic carbocycles. The van der Waals surface area contributed by atoms with Gasteiger partial charge in [0.25, 0.3) is 0 Å². The molecule has 1 saturated heterocycles. The van der Waals surface area contributed by atoms with E-state index in [1.165, 1.54) is 0 Å². The summed E-state index contributed by atoms with van der Waals surface area (Å²) in [4.78, 5) is 2.42. The number of piperidine rings is 1. The smallest absolute Gasteiger partial charge is 0.328 e. The van der Waals surface area contributed by atoms with Crippen molar-refractivity contribution >= 4 is 11.3 Å². The Morgan fingerprint density at radius 1 is 1.29 bits per heavy atom. The molecule has 2 N–H and O–H groups in total. The lowest BCUT2D eigenvalue weighted by Gasteiger charge is -2.29. The van der Waals surface area contributed by atoms with Crippen LogP contribution in [0.25, 0.3) is 0 Å². The zero-order valence-electron chi connectivity index (χ0n) is 9.33. The van der Waals surface area contributed by atoms with Crippen molar-refractivity contribution in [3.05, 3.63) is 21.9 Å². The van der Waals surface area contributed by atoms with Crippen molar-refractivity contribution in [3.8, 4) is 0 Å². The number of nitrogens with zero attached hydrogens (tertiary/aromatic N) is 1. The molecule has 1 fully saturated rings. The molecule has 1 aliphatic rings. The van der Waals surface area contributed by atoms with Crippen LogP contribution in [0.1, 0.15) is 22.6 Å². The summed E-state index contributed by atoms with van der Waals surface area (Å²) in [6.07, 6.45) is -2.36. The third-order valence-corrected chi connectivity index (χ3v) is 4.07. The number of alkyl halides is 3. The van der Waals surface area contributed by atoms with E-state index in [0.717, 1.165) is 48.2 Å². The Morgan fingerprint density at radius 3 is 2.47 bits per heavy atom. The van der Waals surface area contributed by atoms with Crippen LogP contribution >= 0.6 is 11.3 Å². The number of likely N-dealkylation sites (tertiary alicyclic amines) is 1. The van der Waals surface area contributed by atoms with Gasteiger partial charge in [0.05, 0.1) is 0 Å². The highest BCUT2D eigenvalue weighted by Crippen LogP contribution is 2.35. The largest absolute Gasteiger partial charge is 0.425 e. The summed E-state index contributed by atoms with van der Waals surface area (Å²) in [5.74, 6) is 0. The van der Waals surface area contributed by atoms with Gasteiger partial charge in [-0.15, -0.1) is 11.3 Å². The van der Waals surface area contributed by atoms with E-state index < -0.39 is 11.1 Å². The molecule has 0 aromatic carbocycles. The van der Waals surface area contributed by atoms with Crippen LogP contribution in [-0.4, -0.2) is 24.0 Å². The molecule has 2 nitrogen and oxygen atoms in total. The molecular weight excluding hydrogens is 249 g/mol. The minimum absolute atomic E-state index is 0.250. The summed E-state index contributed by atoms with van der Waals surface area (Å²) in [6.45, 7) is 2.36. The van der Waals surface area contributed by atoms with Gasteiger partial charge < -0.3 is 5.73 Å². The highest BCUT2D eigenvalue weighted by Gasteiger charge is 2.32. The van der Waals surface area contributed by atoms with Crippen LogP contribution in [0.5, 0.6) is 0 Å². The maximum Gasteiger partial charge on any atom is 0.425 e. The van der Waals surface area contributed by atoms with Gasteiger partial charge >= 0.3 is 6.18 Å². The molecule has 0 saturated carbocycles. The first-order valence-electron chi connectivity index (χ1n) is 5.59. The predicted octanol–water partition coefficient (Wildman–Crippen LogP) is 2.69. The maximum atomic E-state index is 12.4. The molecule has 2 rings (SSSR count). The molecular formula is C11H15F3N2S. The monoisotopic (exact) mass is 264 g/mol. The molecule has 1 aromatic heterocycles. The molecule has 0 atom stereocenters. The molecule has 1 aliphatic heterocycles. The fourth-order valence-electron chi connectivity index (χ4n) is 1.95. The van der Waals surface area contributed by atoms with E-state index in [4.69, 9.17) is 5.73 Å². The quantitative estimate of drug-likeness (QED) is 0.890. The summed E-state index contributed by atoms with van der Waals surface area (Å²) in [5.41, 5.74) is 5.78. The molecule has 1 aromatic rings. The third-order valence-electron chi connectivity index (χ3n) is 2.95. The fourth-order valence-corrected chi connectivity index (χ4v) is 2.86. The fraction of sp³-hybridized carbons (Fsp3) is 0.636. The van der Waals surface area contributed by atoms with Crippen molar-refractivity contribution in [2.45, 2.75) is 31.6 Å². The average molecular weight is 264 g/mol. The highest BCUT2D eigenvalue weighted by atomic mass is 32.1. The van der Waals surface area contributed by atoms with Crippen LogP contribution in [0.15, 0.2) is 12.1 Å². The number of hydrogen-bond acceptors (Lipinski definition) is 3. The van der Waals surface area contributed by atoms with E-state index in [1.807, 2.05) is 0 Å². The van der Waals surface area contributed by atoms with Crippen molar-refractivity contribution in [1.29, 1.82) is 0 Å². The van der Waals surface area contributed by atoms with Gasteiger partial charge in [0.15, 0.2) is 0 Å². The number of hydrogen-bond donors (Lipinski definition) is 1. The zero-order valence-corrected chi connectivity index (χ0v) is 10.2. The molecule has 0 spiro atoms. The lowest BCUT2D eigenvalue weighted by atomic mass is 10.1. The summed E-state index contributed by atoms with van der Waals surface area (Å²) < 4.78 is 37.2. The Labute approximate surface area is 102 Å². The topological polar surface area (TPSA) is 29.3 Å². The Kier molecular flexibility index (Phi) is 3.75. The van der Waals surface area contributed by atoms with Crippen LogP contribution in [-0.2, 0) is 12.7 Å². The second kappa shape index (κ2) is 4.96. The van der Waals surface area contributed by atoms with Gasteiger partial charge in [0.1, 0.15) is 4.88 Å². The number of rotatable bonds is 2. The van der Waals surface area contributed by atoms with Gasteiger partial charge in [-0.25, -0.2) is 0 Å². The highest BCUT2D eigenvalue weighted by molar-refractivity contribution is 7.12.